The fraction of sp³-hybridized carbons (Fsp3) is 0.385. The van der Waals surface area contributed by atoms with E-state index in [-0.39, 0.29) is 24.6 Å². The first-order valence-corrected chi connectivity index (χ1v) is 6.93. The summed E-state index contributed by atoms with van der Waals surface area (Å²) in [5.41, 5.74) is 0.0667. The number of nitrogens with one attached hydrogen (secondary N) is 2. The molecule has 5 nitrogen and oxygen atoms in total. The fourth-order valence-corrected chi connectivity index (χ4v) is 1.94. The van der Waals surface area contributed by atoms with Crippen LogP contribution in [-0.2, 0) is 4.79 Å². The Morgan fingerprint density at radius 2 is 2.15 bits per heavy atom. The summed E-state index contributed by atoms with van der Waals surface area (Å²) in [4.78, 5) is 22.2. The molecule has 0 saturated carbocycles. The molecule has 1 rings (SSSR count). The Hall–Kier alpha value is -1.63. The smallest absolute Gasteiger partial charge is 0.319 e. The molecule has 7 heteroatoms. The third-order valence-corrected chi connectivity index (χ3v) is 3.26. The summed E-state index contributed by atoms with van der Waals surface area (Å²) in [5, 5.41) is 13.6. The fourth-order valence-electron chi connectivity index (χ4n) is 1.60. The summed E-state index contributed by atoms with van der Waals surface area (Å²) in [6.45, 7) is 2.08. The highest BCUT2D eigenvalue weighted by atomic mass is 79.9. The zero-order valence-electron chi connectivity index (χ0n) is 11.0. The van der Waals surface area contributed by atoms with Gasteiger partial charge >= 0.3 is 12.0 Å². The van der Waals surface area contributed by atoms with Crippen molar-refractivity contribution in [3.63, 3.8) is 0 Å². The van der Waals surface area contributed by atoms with Crippen molar-refractivity contribution >= 4 is 33.6 Å². The maximum Gasteiger partial charge on any atom is 0.319 e. The molecule has 1 unspecified atom stereocenters. The normalized spacial score (nSPS) is 11.8. The number of aliphatic carboxylic acids is 1. The number of urea groups is 1. The molecule has 1 aromatic rings. The Morgan fingerprint density at radius 1 is 1.45 bits per heavy atom. The number of rotatable bonds is 6. The number of benzene rings is 1. The van der Waals surface area contributed by atoms with E-state index in [0.29, 0.717) is 10.9 Å². The van der Waals surface area contributed by atoms with Gasteiger partial charge in [-0.3, -0.25) is 4.79 Å². The SMILES string of the molecule is CCC(CNC(=O)Nc1ccc(Br)cc1F)CC(=O)O. The van der Waals surface area contributed by atoms with Crippen molar-refractivity contribution in [1.82, 2.24) is 5.32 Å². The molecule has 0 heterocycles. The standard InChI is InChI=1S/C13H16BrFN2O3/c1-2-8(5-12(18)19)7-16-13(20)17-11-4-3-9(14)6-10(11)15/h3-4,6,8H,2,5,7H2,1H3,(H,18,19)(H2,16,17,20). The molecule has 0 saturated heterocycles. The lowest BCUT2D eigenvalue weighted by atomic mass is 10.0. The molecule has 0 aromatic heterocycles. The van der Waals surface area contributed by atoms with E-state index in [1.807, 2.05) is 6.92 Å². The molecule has 0 aliphatic heterocycles. The summed E-state index contributed by atoms with van der Waals surface area (Å²) in [5.74, 6) is -1.60. The first-order chi connectivity index (χ1) is 9.42. The average molecular weight is 347 g/mol. The number of carbonyl (C=O) groups excluding carboxylic acids is 1. The van der Waals surface area contributed by atoms with Crippen LogP contribution in [-0.4, -0.2) is 23.7 Å². The summed E-state index contributed by atoms with van der Waals surface area (Å²) in [7, 11) is 0. The Balaban J connectivity index is 2.49. The van der Waals surface area contributed by atoms with Gasteiger partial charge in [0.1, 0.15) is 5.82 Å². The molecule has 0 aliphatic rings. The maximum absolute atomic E-state index is 13.5. The number of amides is 2. The van der Waals surface area contributed by atoms with Crippen LogP contribution in [0.1, 0.15) is 19.8 Å². The van der Waals surface area contributed by atoms with Gasteiger partial charge in [0.2, 0.25) is 0 Å². The molecular weight excluding hydrogens is 331 g/mol. The van der Waals surface area contributed by atoms with Crippen molar-refractivity contribution in [2.45, 2.75) is 19.8 Å². The van der Waals surface area contributed by atoms with E-state index in [1.165, 1.54) is 12.1 Å². The van der Waals surface area contributed by atoms with E-state index in [4.69, 9.17) is 5.11 Å². The Labute approximate surface area is 124 Å². The van der Waals surface area contributed by atoms with Gasteiger partial charge in [0.15, 0.2) is 0 Å². The lowest BCUT2D eigenvalue weighted by Gasteiger charge is -2.14. The number of carboxylic acids is 1. The second-order valence-electron chi connectivity index (χ2n) is 4.33. The number of anilines is 1. The molecule has 0 bridgehead atoms. The van der Waals surface area contributed by atoms with E-state index >= 15 is 0 Å². The minimum Gasteiger partial charge on any atom is -0.481 e. The third-order valence-electron chi connectivity index (χ3n) is 2.77. The minimum absolute atomic E-state index is 0.0105. The second-order valence-corrected chi connectivity index (χ2v) is 5.25. The topological polar surface area (TPSA) is 78.4 Å². The zero-order chi connectivity index (χ0) is 15.1. The molecular formula is C13H16BrFN2O3. The van der Waals surface area contributed by atoms with Crippen LogP contribution in [0.15, 0.2) is 22.7 Å². The van der Waals surface area contributed by atoms with Crippen molar-refractivity contribution in [2.75, 3.05) is 11.9 Å². The molecule has 110 valence electrons. The second kappa shape index (κ2) is 7.84. The van der Waals surface area contributed by atoms with E-state index in [9.17, 15) is 14.0 Å². The lowest BCUT2D eigenvalue weighted by molar-refractivity contribution is -0.138. The molecule has 0 aliphatic carbocycles. The van der Waals surface area contributed by atoms with Crippen LogP contribution >= 0.6 is 15.9 Å². The van der Waals surface area contributed by atoms with Crippen LogP contribution in [0.3, 0.4) is 0 Å². The quantitative estimate of drug-likeness (QED) is 0.739. The monoisotopic (exact) mass is 346 g/mol. The Morgan fingerprint density at radius 3 is 2.70 bits per heavy atom. The van der Waals surface area contributed by atoms with Crippen molar-refractivity contribution < 1.29 is 19.1 Å². The molecule has 20 heavy (non-hydrogen) atoms. The largest absolute Gasteiger partial charge is 0.481 e. The van der Waals surface area contributed by atoms with E-state index < -0.39 is 17.8 Å². The van der Waals surface area contributed by atoms with E-state index in [2.05, 4.69) is 26.6 Å². The Kier molecular flexibility index (Phi) is 6.44. The van der Waals surface area contributed by atoms with Crippen molar-refractivity contribution in [1.29, 1.82) is 0 Å². The maximum atomic E-state index is 13.5. The van der Waals surface area contributed by atoms with Gasteiger partial charge in [0.05, 0.1) is 5.69 Å². The van der Waals surface area contributed by atoms with E-state index in [1.54, 1.807) is 6.07 Å². The summed E-state index contributed by atoms with van der Waals surface area (Å²) >= 11 is 3.12. The highest BCUT2D eigenvalue weighted by Crippen LogP contribution is 2.19. The first-order valence-electron chi connectivity index (χ1n) is 6.14. The molecule has 0 fully saturated rings. The van der Waals surface area contributed by atoms with Gasteiger partial charge < -0.3 is 15.7 Å². The van der Waals surface area contributed by atoms with Gasteiger partial charge in [-0.25, -0.2) is 9.18 Å². The number of hydrogen-bond acceptors (Lipinski definition) is 2. The summed E-state index contributed by atoms with van der Waals surface area (Å²) in [6, 6.07) is 3.73. The predicted molar refractivity (Wildman–Crippen MR) is 77.2 cm³/mol. The highest BCUT2D eigenvalue weighted by Gasteiger charge is 2.13. The van der Waals surface area contributed by atoms with Crippen LogP contribution < -0.4 is 10.6 Å². The van der Waals surface area contributed by atoms with Gasteiger partial charge in [-0.05, 0) is 24.1 Å². The van der Waals surface area contributed by atoms with Crippen LogP contribution in [0.4, 0.5) is 14.9 Å². The number of halogens is 2. The van der Waals surface area contributed by atoms with Gasteiger partial charge in [0, 0.05) is 17.4 Å². The molecule has 1 aromatic carbocycles. The van der Waals surface area contributed by atoms with Gasteiger partial charge in [0.25, 0.3) is 0 Å². The third kappa shape index (κ3) is 5.56. The minimum atomic E-state index is -0.905. The highest BCUT2D eigenvalue weighted by molar-refractivity contribution is 9.10. The van der Waals surface area contributed by atoms with Crippen LogP contribution in [0, 0.1) is 11.7 Å². The van der Waals surface area contributed by atoms with Crippen LogP contribution in [0.2, 0.25) is 0 Å². The van der Waals surface area contributed by atoms with Gasteiger partial charge in [-0.15, -0.1) is 0 Å². The van der Waals surface area contributed by atoms with Crippen LogP contribution in [0.25, 0.3) is 0 Å². The molecule has 2 amide bonds. The first kappa shape index (κ1) is 16.4. The number of hydrogen-bond donors (Lipinski definition) is 3. The van der Waals surface area contributed by atoms with Crippen molar-refractivity contribution in [2.24, 2.45) is 5.92 Å². The Bertz CT molecular complexity index is 497. The predicted octanol–water partition coefficient (Wildman–Crippen LogP) is 3.21. The average Bonchev–Trinajstić information content (AvgIpc) is 2.37. The van der Waals surface area contributed by atoms with Crippen molar-refractivity contribution in [3.05, 3.63) is 28.5 Å². The van der Waals surface area contributed by atoms with Crippen molar-refractivity contribution in [3.8, 4) is 0 Å². The lowest BCUT2D eigenvalue weighted by Crippen LogP contribution is -2.33. The van der Waals surface area contributed by atoms with Gasteiger partial charge in [-0.2, -0.15) is 0 Å². The van der Waals surface area contributed by atoms with Crippen LogP contribution in [0.5, 0.6) is 0 Å². The molecule has 0 spiro atoms. The molecule has 3 N–H and O–H groups in total. The molecule has 0 radical (unpaired) electrons. The van der Waals surface area contributed by atoms with Gasteiger partial charge in [-0.1, -0.05) is 29.3 Å². The molecule has 1 atom stereocenters. The summed E-state index contributed by atoms with van der Waals surface area (Å²) in [6.07, 6.45) is 0.628. The summed E-state index contributed by atoms with van der Waals surface area (Å²) < 4.78 is 14.1. The number of carboxylic acid groups (broad SMARTS) is 1. The zero-order valence-corrected chi connectivity index (χ0v) is 12.5. The van der Waals surface area contributed by atoms with E-state index in [0.717, 1.165) is 0 Å². The number of carbonyl (C=O) groups is 2.